The second kappa shape index (κ2) is 8.09. The first kappa shape index (κ1) is 14.0. The highest BCUT2D eigenvalue weighted by Crippen LogP contribution is 2.20. The first-order valence-electron chi connectivity index (χ1n) is 6.20. The van der Waals surface area contributed by atoms with Crippen molar-refractivity contribution >= 4 is 0 Å². The third kappa shape index (κ3) is 5.20. The molecule has 0 unspecified atom stereocenters. The largest absolute Gasteiger partial charge is 0.493 e. The Kier molecular flexibility index (Phi) is 6.67. The van der Waals surface area contributed by atoms with E-state index in [0.29, 0.717) is 6.61 Å². The molecule has 0 aliphatic carbocycles. The lowest BCUT2D eigenvalue weighted by Crippen LogP contribution is -2.13. The van der Waals surface area contributed by atoms with E-state index >= 15 is 0 Å². The number of aryl methyl sites for hydroxylation is 1. The predicted molar refractivity (Wildman–Crippen MR) is 70.5 cm³/mol. The Balaban J connectivity index is 2.55. The Morgan fingerprint density at radius 3 is 2.76 bits per heavy atom. The Hall–Kier alpha value is -1.06. The summed E-state index contributed by atoms with van der Waals surface area (Å²) in [6.07, 6.45) is 0.922. The monoisotopic (exact) mass is 237 g/mol. The highest BCUT2D eigenvalue weighted by atomic mass is 16.5. The van der Waals surface area contributed by atoms with Crippen molar-refractivity contribution in [1.82, 2.24) is 5.32 Å². The summed E-state index contributed by atoms with van der Waals surface area (Å²) in [7, 11) is 1.71. The molecule has 1 aromatic rings. The van der Waals surface area contributed by atoms with Crippen LogP contribution in [0.15, 0.2) is 18.2 Å². The summed E-state index contributed by atoms with van der Waals surface area (Å²) in [5, 5.41) is 3.33. The molecule has 1 rings (SSSR count). The summed E-state index contributed by atoms with van der Waals surface area (Å²) in [6, 6.07) is 6.31. The molecule has 1 N–H and O–H groups in total. The number of hydrogen-bond acceptors (Lipinski definition) is 3. The first-order chi connectivity index (χ1) is 8.27. The average molecular weight is 237 g/mol. The summed E-state index contributed by atoms with van der Waals surface area (Å²) >= 11 is 0. The van der Waals surface area contributed by atoms with Crippen LogP contribution in [0.2, 0.25) is 0 Å². The standard InChI is InChI=1S/C14H23NO2/c1-4-15-11-13-10-12(2)6-7-14(13)17-9-5-8-16-3/h6-7,10,15H,4-5,8-9,11H2,1-3H3. The Morgan fingerprint density at radius 2 is 2.06 bits per heavy atom. The molecule has 0 aromatic heterocycles. The number of nitrogens with one attached hydrogen (secondary N) is 1. The smallest absolute Gasteiger partial charge is 0.123 e. The van der Waals surface area contributed by atoms with Crippen molar-refractivity contribution in [2.75, 3.05) is 26.9 Å². The summed E-state index contributed by atoms with van der Waals surface area (Å²) in [4.78, 5) is 0. The van der Waals surface area contributed by atoms with Crippen molar-refractivity contribution in [3.05, 3.63) is 29.3 Å². The molecule has 0 fully saturated rings. The lowest BCUT2D eigenvalue weighted by Gasteiger charge is -2.12. The minimum absolute atomic E-state index is 0.704. The molecule has 0 atom stereocenters. The number of hydrogen-bond donors (Lipinski definition) is 1. The van der Waals surface area contributed by atoms with Gasteiger partial charge in [-0.1, -0.05) is 24.6 Å². The van der Waals surface area contributed by atoms with Crippen molar-refractivity contribution in [1.29, 1.82) is 0 Å². The van der Waals surface area contributed by atoms with Crippen molar-refractivity contribution in [3.8, 4) is 5.75 Å². The van der Waals surface area contributed by atoms with Gasteiger partial charge in [-0.2, -0.15) is 0 Å². The lowest BCUT2D eigenvalue weighted by atomic mass is 10.1. The van der Waals surface area contributed by atoms with Gasteiger partial charge in [-0.3, -0.25) is 0 Å². The topological polar surface area (TPSA) is 30.5 Å². The molecule has 3 heteroatoms. The second-order valence-electron chi connectivity index (χ2n) is 4.09. The van der Waals surface area contributed by atoms with Crippen LogP contribution >= 0.6 is 0 Å². The van der Waals surface area contributed by atoms with Crippen LogP contribution in [-0.4, -0.2) is 26.9 Å². The third-order valence-electron chi connectivity index (χ3n) is 2.53. The maximum Gasteiger partial charge on any atom is 0.123 e. The van der Waals surface area contributed by atoms with Crippen molar-refractivity contribution in [2.24, 2.45) is 0 Å². The molecule has 17 heavy (non-hydrogen) atoms. The zero-order chi connectivity index (χ0) is 12.5. The van der Waals surface area contributed by atoms with Crippen molar-refractivity contribution in [2.45, 2.75) is 26.8 Å². The van der Waals surface area contributed by atoms with Gasteiger partial charge in [0.25, 0.3) is 0 Å². The number of benzene rings is 1. The number of ether oxygens (including phenoxy) is 2. The fraction of sp³-hybridized carbons (Fsp3) is 0.571. The summed E-state index contributed by atoms with van der Waals surface area (Å²) in [6.45, 7) is 7.48. The maximum atomic E-state index is 5.77. The number of methoxy groups -OCH3 is 1. The average Bonchev–Trinajstić information content (AvgIpc) is 2.34. The summed E-state index contributed by atoms with van der Waals surface area (Å²) in [5.74, 6) is 0.979. The van der Waals surface area contributed by atoms with Crippen LogP contribution in [0.1, 0.15) is 24.5 Å². The zero-order valence-corrected chi connectivity index (χ0v) is 11.1. The molecular weight excluding hydrogens is 214 g/mol. The Morgan fingerprint density at radius 1 is 1.24 bits per heavy atom. The van der Waals surface area contributed by atoms with E-state index in [1.807, 2.05) is 0 Å². The van der Waals surface area contributed by atoms with Crippen LogP contribution in [0.5, 0.6) is 5.75 Å². The van der Waals surface area contributed by atoms with E-state index in [-0.39, 0.29) is 0 Å². The van der Waals surface area contributed by atoms with Gasteiger partial charge in [-0.05, 0) is 19.5 Å². The van der Waals surface area contributed by atoms with E-state index < -0.39 is 0 Å². The minimum atomic E-state index is 0.704. The van der Waals surface area contributed by atoms with Crippen LogP contribution in [0.4, 0.5) is 0 Å². The maximum absolute atomic E-state index is 5.77. The molecule has 0 bridgehead atoms. The van der Waals surface area contributed by atoms with E-state index in [4.69, 9.17) is 9.47 Å². The quantitative estimate of drug-likeness (QED) is 0.705. The first-order valence-corrected chi connectivity index (χ1v) is 6.20. The van der Waals surface area contributed by atoms with Gasteiger partial charge in [0.2, 0.25) is 0 Å². The van der Waals surface area contributed by atoms with Crippen molar-refractivity contribution < 1.29 is 9.47 Å². The molecular formula is C14H23NO2. The molecule has 96 valence electrons. The molecule has 0 spiro atoms. The molecule has 1 aromatic carbocycles. The minimum Gasteiger partial charge on any atom is -0.493 e. The molecule has 0 amide bonds. The lowest BCUT2D eigenvalue weighted by molar-refractivity contribution is 0.171. The van der Waals surface area contributed by atoms with Gasteiger partial charge < -0.3 is 14.8 Å². The second-order valence-corrected chi connectivity index (χ2v) is 4.09. The molecule has 0 saturated heterocycles. The predicted octanol–water partition coefficient (Wildman–Crippen LogP) is 2.52. The van der Waals surface area contributed by atoms with Crippen LogP contribution in [-0.2, 0) is 11.3 Å². The van der Waals surface area contributed by atoms with Crippen LogP contribution in [0.3, 0.4) is 0 Å². The SMILES string of the molecule is CCNCc1cc(C)ccc1OCCCOC. The fourth-order valence-corrected chi connectivity index (χ4v) is 1.63. The molecule has 0 radical (unpaired) electrons. The van der Waals surface area contributed by atoms with E-state index in [9.17, 15) is 0 Å². The van der Waals surface area contributed by atoms with E-state index in [1.165, 1.54) is 11.1 Å². The van der Waals surface area contributed by atoms with Gasteiger partial charge in [0.05, 0.1) is 6.61 Å². The van der Waals surface area contributed by atoms with Crippen LogP contribution in [0.25, 0.3) is 0 Å². The zero-order valence-electron chi connectivity index (χ0n) is 11.1. The van der Waals surface area contributed by atoms with E-state index in [2.05, 4.69) is 37.4 Å². The molecule has 0 aliphatic rings. The van der Waals surface area contributed by atoms with Gasteiger partial charge in [-0.15, -0.1) is 0 Å². The van der Waals surface area contributed by atoms with Crippen LogP contribution in [0, 0.1) is 6.92 Å². The molecule has 0 saturated carbocycles. The van der Waals surface area contributed by atoms with E-state index in [1.54, 1.807) is 7.11 Å². The van der Waals surface area contributed by atoms with E-state index in [0.717, 1.165) is 31.9 Å². The molecule has 3 nitrogen and oxygen atoms in total. The normalized spacial score (nSPS) is 10.5. The highest BCUT2D eigenvalue weighted by Gasteiger charge is 2.03. The molecule has 0 heterocycles. The number of rotatable bonds is 8. The van der Waals surface area contributed by atoms with Crippen molar-refractivity contribution in [3.63, 3.8) is 0 Å². The summed E-state index contributed by atoms with van der Waals surface area (Å²) < 4.78 is 10.8. The van der Waals surface area contributed by atoms with Gasteiger partial charge >= 0.3 is 0 Å². The fourth-order valence-electron chi connectivity index (χ4n) is 1.63. The molecule has 0 aliphatic heterocycles. The van der Waals surface area contributed by atoms with Gasteiger partial charge in [0, 0.05) is 32.2 Å². The van der Waals surface area contributed by atoms with Crippen LogP contribution < -0.4 is 10.1 Å². The van der Waals surface area contributed by atoms with Gasteiger partial charge in [0.1, 0.15) is 5.75 Å². The third-order valence-corrected chi connectivity index (χ3v) is 2.53. The Labute approximate surface area is 104 Å². The van der Waals surface area contributed by atoms with Gasteiger partial charge in [0.15, 0.2) is 0 Å². The van der Waals surface area contributed by atoms with Gasteiger partial charge in [-0.25, -0.2) is 0 Å². The Bertz CT molecular complexity index is 326. The summed E-state index contributed by atoms with van der Waals surface area (Å²) in [5.41, 5.74) is 2.49. The highest BCUT2D eigenvalue weighted by molar-refractivity contribution is 5.36.